The van der Waals surface area contributed by atoms with Gasteiger partial charge in [0, 0.05) is 18.2 Å². The van der Waals surface area contributed by atoms with Crippen LogP contribution in [0.15, 0.2) is 12.3 Å². The Morgan fingerprint density at radius 1 is 1.70 bits per heavy atom. The Bertz CT molecular complexity index is 143. The normalized spacial score (nSPS) is 12.6. The summed E-state index contributed by atoms with van der Waals surface area (Å²) >= 11 is 0. The molecule has 58 valence electrons. The maximum atomic E-state index is 10.4. The molecule has 0 spiro atoms. The molecule has 0 aromatic carbocycles. The smallest absolute Gasteiger partial charge is 0.129 e. The first-order chi connectivity index (χ1) is 4.54. The molecule has 1 unspecified atom stereocenters. The number of carbonyl (C=O) groups excluding carboxylic acids is 1. The molecule has 0 saturated carbocycles. The molecule has 0 bridgehead atoms. The highest BCUT2D eigenvalue weighted by molar-refractivity contribution is 5.75. The van der Waals surface area contributed by atoms with Gasteiger partial charge in [-0.15, -0.1) is 0 Å². The van der Waals surface area contributed by atoms with Crippen LogP contribution in [0.3, 0.4) is 0 Å². The van der Waals surface area contributed by atoms with Crippen LogP contribution in [0.5, 0.6) is 0 Å². The molecule has 0 aromatic rings. The molecule has 0 aromatic heterocycles. The second-order valence-electron chi connectivity index (χ2n) is 2.42. The largest absolute Gasteiger partial charge is 0.401 e. The van der Waals surface area contributed by atoms with Crippen LogP contribution in [0.2, 0.25) is 0 Å². The van der Waals surface area contributed by atoms with Crippen LogP contribution >= 0.6 is 0 Å². The molecule has 0 aliphatic rings. The number of hydrogen-bond acceptors (Lipinski definition) is 3. The minimum absolute atomic E-state index is 0.136. The first kappa shape index (κ1) is 9.17. The maximum Gasteiger partial charge on any atom is 0.129 e. The third-order valence-electron chi connectivity index (χ3n) is 1.28. The molecule has 0 heterocycles. The van der Waals surface area contributed by atoms with Gasteiger partial charge in [0.2, 0.25) is 0 Å². The Kier molecular flexibility index (Phi) is 3.72. The van der Waals surface area contributed by atoms with E-state index in [0.29, 0.717) is 18.5 Å². The Morgan fingerprint density at radius 3 is 2.50 bits per heavy atom. The van der Waals surface area contributed by atoms with Crippen molar-refractivity contribution in [1.29, 1.82) is 0 Å². The zero-order valence-electron chi connectivity index (χ0n) is 6.26. The van der Waals surface area contributed by atoms with Crippen LogP contribution in [0.25, 0.3) is 0 Å². The van der Waals surface area contributed by atoms with E-state index < -0.39 is 0 Å². The van der Waals surface area contributed by atoms with E-state index in [-0.39, 0.29) is 11.8 Å². The van der Waals surface area contributed by atoms with E-state index in [0.717, 1.165) is 0 Å². The molecule has 1 atom stereocenters. The van der Waals surface area contributed by atoms with Gasteiger partial charge in [-0.1, -0.05) is 6.58 Å². The first-order valence-corrected chi connectivity index (χ1v) is 3.23. The average molecular weight is 142 g/mol. The highest BCUT2D eigenvalue weighted by atomic mass is 16.1. The number of carbonyl (C=O) groups is 1. The number of ketones is 1. The molecule has 0 radical (unpaired) electrons. The predicted molar refractivity (Wildman–Crippen MR) is 41.2 cm³/mol. The number of nitrogens with two attached hydrogens (primary N) is 2. The van der Waals surface area contributed by atoms with Gasteiger partial charge in [0.15, 0.2) is 0 Å². The summed E-state index contributed by atoms with van der Waals surface area (Å²) in [6, 6.07) is -0.233. The van der Waals surface area contributed by atoms with Crippen molar-refractivity contribution in [3.8, 4) is 0 Å². The van der Waals surface area contributed by atoms with Crippen molar-refractivity contribution < 1.29 is 4.79 Å². The summed E-state index contributed by atoms with van der Waals surface area (Å²) in [7, 11) is 0. The molecule has 0 aliphatic carbocycles. The van der Waals surface area contributed by atoms with Crippen molar-refractivity contribution in [2.24, 2.45) is 11.5 Å². The molecule has 4 N–H and O–H groups in total. The summed E-state index contributed by atoms with van der Waals surface area (Å²) < 4.78 is 0. The molecular formula is C7H14N2O. The van der Waals surface area contributed by atoms with E-state index >= 15 is 0 Å². The quantitative estimate of drug-likeness (QED) is 0.587. The van der Waals surface area contributed by atoms with Crippen molar-refractivity contribution in [2.45, 2.75) is 25.8 Å². The monoisotopic (exact) mass is 142 g/mol. The molecule has 3 nitrogen and oxygen atoms in total. The summed E-state index contributed by atoms with van der Waals surface area (Å²) in [5.74, 6) is 0.136. The predicted octanol–water partition coefficient (Wildman–Crippen LogP) is 0.155. The maximum absolute atomic E-state index is 10.4. The summed E-state index contributed by atoms with van der Waals surface area (Å²) in [4.78, 5) is 10.4. The van der Waals surface area contributed by atoms with E-state index in [1.807, 2.05) is 0 Å². The Labute approximate surface area is 61.1 Å². The zero-order chi connectivity index (χ0) is 8.15. The third kappa shape index (κ3) is 4.09. The number of hydrogen-bond donors (Lipinski definition) is 2. The SMILES string of the molecule is C=C(N)C(N)CCC(C)=O. The molecular weight excluding hydrogens is 128 g/mol. The van der Waals surface area contributed by atoms with Crippen LogP contribution in [0.4, 0.5) is 0 Å². The molecule has 10 heavy (non-hydrogen) atoms. The van der Waals surface area contributed by atoms with Gasteiger partial charge in [-0.25, -0.2) is 0 Å². The Hall–Kier alpha value is -0.830. The third-order valence-corrected chi connectivity index (χ3v) is 1.28. The van der Waals surface area contributed by atoms with Gasteiger partial charge < -0.3 is 16.3 Å². The average Bonchev–Trinajstić information content (AvgIpc) is 1.82. The van der Waals surface area contributed by atoms with E-state index in [2.05, 4.69) is 6.58 Å². The van der Waals surface area contributed by atoms with Gasteiger partial charge in [-0.05, 0) is 13.3 Å². The number of Topliss-reactive ketones (excluding diaryl/α,β-unsaturated/α-hetero) is 1. The van der Waals surface area contributed by atoms with Gasteiger partial charge in [0.05, 0.1) is 0 Å². The van der Waals surface area contributed by atoms with E-state index in [9.17, 15) is 4.79 Å². The van der Waals surface area contributed by atoms with Gasteiger partial charge in [-0.3, -0.25) is 0 Å². The van der Waals surface area contributed by atoms with Crippen LogP contribution < -0.4 is 11.5 Å². The summed E-state index contributed by atoms with van der Waals surface area (Å²) in [5, 5.41) is 0. The van der Waals surface area contributed by atoms with Crippen LogP contribution in [0.1, 0.15) is 19.8 Å². The topological polar surface area (TPSA) is 69.1 Å². The summed E-state index contributed by atoms with van der Waals surface area (Å²) in [5.41, 5.74) is 11.2. The van der Waals surface area contributed by atoms with Crippen molar-refractivity contribution in [3.63, 3.8) is 0 Å². The van der Waals surface area contributed by atoms with Gasteiger partial charge in [0.1, 0.15) is 5.78 Å². The minimum Gasteiger partial charge on any atom is -0.401 e. The molecule has 0 rings (SSSR count). The van der Waals surface area contributed by atoms with Gasteiger partial charge in [0.25, 0.3) is 0 Å². The van der Waals surface area contributed by atoms with Crippen LogP contribution in [-0.4, -0.2) is 11.8 Å². The zero-order valence-corrected chi connectivity index (χ0v) is 6.26. The van der Waals surface area contributed by atoms with E-state index in [1.165, 1.54) is 6.92 Å². The van der Waals surface area contributed by atoms with Crippen molar-refractivity contribution in [2.75, 3.05) is 0 Å². The highest BCUT2D eigenvalue weighted by Crippen LogP contribution is 1.98. The van der Waals surface area contributed by atoms with Crippen LogP contribution in [0, 0.1) is 0 Å². The Balaban J connectivity index is 3.49. The van der Waals surface area contributed by atoms with Crippen molar-refractivity contribution >= 4 is 5.78 Å². The van der Waals surface area contributed by atoms with Gasteiger partial charge >= 0.3 is 0 Å². The van der Waals surface area contributed by atoms with Gasteiger partial charge in [-0.2, -0.15) is 0 Å². The summed E-state index contributed by atoms with van der Waals surface area (Å²) in [6.07, 6.45) is 1.09. The Morgan fingerprint density at radius 2 is 2.20 bits per heavy atom. The molecule has 0 aliphatic heterocycles. The molecule has 0 saturated heterocycles. The standard InChI is InChI=1S/C7H14N2O/c1-5(10)3-4-7(9)6(2)8/h7H,2-4,8-9H2,1H3. The van der Waals surface area contributed by atoms with E-state index in [1.54, 1.807) is 0 Å². The molecule has 0 fully saturated rings. The highest BCUT2D eigenvalue weighted by Gasteiger charge is 2.03. The lowest BCUT2D eigenvalue weighted by atomic mass is 10.1. The minimum atomic E-state index is -0.233. The lowest BCUT2D eigenvalue weighted by Gasteiger charge is -2.08. The lowest BCUT2D eigenvalue weighted by Crippen LogP contribution is -2.27. The summed E-state index contributed by atoms with van der Waals surface area (Å²) in [6.45, 7) is 5.01. The fourth-order valence-electron chi connectivity index (χ4n) is 0.544. The van der Waals surface area contributed by atoms with Crippen molar-refractivity contribution in [1.82, 2.24) is 0 Å². The second kappa shape index (κ2) is 4.06. The first-order valence-electron chi connectivity index (χ1n) is 3.23. The van der Waals surface area contributed by atoms with E-state index in [4.69, 9.17) is 11.5 Å². The van der Waals surface area contributed by atoms with Crippen LogP contribution in [-0.2, 0) is 4.79 Å². The van der Waals surface area contributed by atoms with Crippen molar-refractivity contribution in [3.05, 3.63) is 12.3 Å². The second-order valence-corrected chi connectivity index (χ2v) is 2.42. The molecule has 0 amide bonds. The molecule has 3 heteroatoms. The fraction of sp³-hybridized carbons (Fsp3) is 0.571. The number of rotatable bonds is 4. The fourth-order valence-corrected chi connectivity index (χ4v) is 0.544. The lowest BCUT2D eigenvalue weighted by molar-refractivity contribution is -0.117.